The molecule has 0 saturated heterocycles. The minimum atomic E-state index is -4.31. The molecule has 1 rings (SSSR count). The Labute approximate surface area is 92.2 Å². The molecule has 9 heteroatoms. The smallest absolute Gasteiger partial charge is 0.231 e. The van der Waals surface area contributed by atoms with Crippen LogP contribution in [-0.4, -0.2) is 13.4 Å². The summed E-state index contributed by atoms with van der Waals surface area (Å²) in [6.45, 7) is 0. The first-order chi connectivity index (χ1) is 6.73. The molecule has 0 amide bonds. The van der Waals surface area contributed by atoms with E-state index in [2.05, 4.69) is 4.98 Å². The van der Waals surface area contributed by atoms with E-state index >= 15 is 0 Å². The van der Waals surface area contributed by atoms with Crippen molar-refractivity contribution < 1.29 is 21.6 Å². The van der Waals surface area contributed by atoms with Gasteiger partial charge in [-0.2, -0.15) is 0 Å². The van der Waals surface area contributed by atoms with Gasteiger partial charge in [0.05, 0.1) is 0 Å². The van der Waals surface area contributed by atoms with Gasteiger partial charge in [0.1, 0.15) is 15.7 Å². The Balaban J connectivity index is 3.46. The van der Waals surface area contributed by atoms with Crippen LogP contribution in [0.2, 0.25) is 5.15 Å². The Morgan fingerprint density at radius 1 is 1.40 bits per heavy atom. The Bertz CT molecular complexity index is 491. The number of hydrogen-bond acceptors (Lipinski definition) is 3. The average molecular weight is 280 g/mol. The molecular formula is C6H2Cl2F3NO2S. The van der Waals surface area contributed by atoms with Crippen LogP contribution in [0.1, 0.15) is 12.1 Å². The maximum absolute atomic E-state index is 12.9. The topological polar surface area (TPSA) is 47.0 Å². The molecule has 0 unspecified atom stereocenters. The van der Waals surface area contributed by atoms with Crippen LogP contribution in [-0.2, 0) is 9.05 Å². The number of alkyl halides is 2. The first-order valence-electron chi connectivity index (χ1n) is 3.32. The zero-order valence-electron chi connectivity index (χ0n) is 6.72. The summed E-state index contributed by atoms with van der Waals surface area (Å²) in [4.78, 5) is 2.08. The van der Waals surface area contributed by atoms with Crippen LogP contribution in [0, 0.1) is 5.82 Å². The molecule has 1 heterocycles. The van der Waals surface area contributed by atoms with Crippen LogP contribution in [0.3, 0.4) is 0 Å². The van der Waals surface area contributed by atoms with Crippen molar-refractivity contribution in [2.24, 2.45) is 0 Å². The average Bonchev–Trinajstić information content (AvgIpc) is 2.06. The van der Waals surface area contributed by atoms with Crippen molar-refractivity contribution in [3.05, 3.63) is 22.7 Å². The summed E-state index contributed by atoms with van der Waals surface area (Å²) in [5.74, 6) is -1.48. The Morgan fingerprint density at radius 3 is 2.33 bits per heavy atom. The maximum Gasteiger partial charge on any atom is 0.283 e. The molecule has 0 bridgehead atoms. The molecule has 1 aromatic rings. The van der Waals surface area contributed by atoms with Gasteiger partial charge in [0.2, 0.25) is 0 Å². The molecule has 0 aromatic carbocycles. The molecule has 0 atom stereocenters. The highest BCUT2D eigenvalue weighted by molar-refractivity contribution is 8.13. The van der Waals surface area contributed by atoms with Crippen LogP contribution in [0.15, 0.2) is 11.0 Å². The van der Waals surface area contributed by atoms with E-state index in [1.54, 1.807) is 0 Å². The fourth-order valence-corrected chi connectivity index (χ4v) is 2.20. The minimum Gasteiger partial charge on any atom is -0.231 e. The van der Waals surface area contributed by atoms with Gasteiger partial charge in [0.25, 0.3) is 15.5 Å². The molecule has 15 heavy (non-hydrogen) atoms. The molecule has 84 valence electrons. The van der Waals surface area contributed by atoms with Gasteiger partial charge in [0, 0.05) is 10.7 Å². The molecular weight excluding hydrogens is 278 g/mol. The second-order valence-electron chi connectivity index (χ2n) is 2.38. The molecule has 0 radical (unpaired) electrons. The van der Waals surface area contributed by atoms with Crippen molar-refractivity contribution in [3.8, 4) is 0 Å². The van der Waals surface area contributed by atoms with E-state index in [9.17, 15) is 21.6 Å². The van der Waals surface area contributed by atoms with Crippen molar-refractivity contribution in [1.82, 2.24) is 4.98 Å². The highest BCUT2D eigenvalue weighted by Gasteiger charge is 2.23. The summed E-state index contributed by atoms with van der Waals surface area (Å²) in [5, 5.41) is -0.790. The molecule has 1 aromatic heterocycles. The third-order valence-corrected chi connectivity index (χ3v) is 3.13. The second kappa shape index (κ2) is 4.15. The summed E-state index contributed by atoms with van der Waals surface area (Å²) in [6.07, 6.45) is -3.19. The lowest BCUT2D eigenvalue weighted by Crippen LogP contribution is -2.02. The lowest BCUT2D eigenvalue weighted by Gasteiger charge is -2.04. The fraction of sp³-hybridized carbons (Fsp3) is 0.167. The van der Waals surface area contributed by atoms with Crippen LogP contribution in [0.5, 0.6) is 0 Å². The zero-order chi connectivity index (χ0) is 11.8. The lowest BCUT2D eigenvalue weighted by molar-refractivity contribution is 0.140. The van der Waals surface area contributed by atoms with Crippen molar-refractivity contribution in [1.29, 1.82) is 0 Å². The summed E-state index contributed by atoms with van der Waals surface area (Å²) < 4.78 is 58.6. The third-order valence-electron chi connectivity index (χ3n) is 1.39. The normalized spacial score (nSPS) is 12.1. The standard InChI is InChI=1S/C6H2Cl2F3NO2S/c7-5-3(15(8,13)14)1-2(9)4(12-5)6(10)11/h1,6H. The number of pyridine rings is 1. The first-order valence-corrected chi connectivity index (χ1v) is 6.01. The number of rotatable bonds is 2. The van der Waals surface area contributed by atoms with Gasteiger partial charge in [-0.1, -0.05) is 11.6 Å². The van der Waals surface area contributed by atoms with Crippen LogP contribution < -0.4 is 0 Å². The van der Waals surface area contributed by atoms with Gasteiger partial charge in [0.15, 0.2) is 5.82 Å². The largest absolute Gasteiger partial charge is 0.283 e. The summed E-state index contributed by atoms with van der Waals surface area (Å²) >= 11 is 5.26. The first kappa shape index (κ1) is 12.5. The molecule has 0 aliphatic carbocycles. The van der Waals surface area contributed by atoms with Crippen molar-refractivity contribution >= 4 is 31.3 Å². The number of nitrogens with zero attached hydrogens (tertiary/aromatic N) is 1. The third kappa shape index (κ3) is 2.73. The molecule has 0 aliphatic heterocycles. The monoisotopic (exact) mass is 279 g/mol. The predicted octanol–water partition coefficient (Wildman–Crippen LogP) is 2.74. The van der Waals surface area contributed by atoms with Crippen molar-refractivity contribution in [2.45, 2.75) is 11.3 Å². The van der Waals surface area contributed by atoms with Crippen LogP contribution in [0.25, 0.3) is 0 Å². The highest BCUT2D eigenvalue weighted by Crippen LogP contribution is 2.28. The molecule has 0 fully saturated rings. The zero-order valence-corrected chi connectivity index (χ0v) is 9.04. The van der Waals surface area contributed by atoms with Crippen LogP contribution in [0.4, 0.5) is 13.2 Å². The second-order valence-corrected chi connectivity index (χ2v) is 5.28. The summed E-state index contributed by atoms with van der Waals surface area (Å²) in [7, 11) is 0.556. The van der Waals surface area contributed by atoms with Gasteiger partial charge >= 0.3 is 0 Å². The molecule has 0 aliphatic rings. The molecule has 0 saturated carbocycles. The molecule has 0 spiro atoms. The fourth-order valence-electron chi connectivity index (χ4n) is 0.787. The Hall–Kier alpha value is -0.530. The van der Waals surface area contributed by atoms with E-state index in [-0.39, 0.29) is 0 Å². The molecule has 0 N–H and O–H groups in total. The van der Waals surface area contributed by atoms with Crippen LogP contribution >= 0.6 is 22.3 Å². The van der Waals surface area contributed by atoms with E-state index in [1.807, 2.05) is 0 Å². The number of hydrogen-bond donors (Lipinski definition) is 0. The van der Waals surface area contributed by atoms with Gasteiger partial charge in [-0.3, -0.25) is 0 Å². The van der Waals surface area contributed by atoms with E-state index in [0.717, 1.165) is 0 Å². The van der Waals surface area contributed by atoms with E-state index in [0.29, 0.717) is 6.07 Å². The summed E-state index contributed by atoms with van der Waals surface area (Å²) in [5.41, 5.74) is -1.22. The van der Waals surface area contributed by atoms with E-state index < -0.39 is 37.0 Å². The SMILES string of the molecule is O=S(=O)(Cl)c1cc(F)c(C(F)F)nc1Cl. The van der Waals surface area contributed by atoms with Crippen molar-refractivity contribution in [3.63, 3.8) is 0 Å². The highest BCUT2D eigenvalue weighted by atomic mass is 35.7. The van der Waals surface area contributed by atoms with Gasteiger partial charge in [-0.15, -0.1) is 0 Å². The van der Waals surface area contributed by atoms with Crippen molar-refractivity contribution in [2.75, 3.05) is 0 Å². The van der Waals surface area contributed by atoms with Gasteiger partial charge in [-0.25, -0.2) is 26.6 Å². The van der Waals surface area contributed by atoms with E-state index in [4.69, 9.17) is 22.3 Å². The number of aromatic nitrogens is 1. The number of halogens is 5. The van der Waals surface area contributed by atoms with Gasteiger partial charge in [-0.05, 0) is 6.07 Å². The van der Waals surface area contributed by atoms with E-state index in [1.165, 1.54) is 0 Å². The predicted molar refractivity (Wildman–Crippen MR) is 47.2 cm³/mol. The summed E-state index contributed by atoms with van der Waals surface area (Å²) in [6, 6.07) is 0.305. The maximum atomic E-state index is 12.9. The minimum absolute atomic E-state index is 0.305. The quantitative estimate of drug-likeness (QED) is 0.618. The Kier molecular flexibility index (Phi) is 3.47. The lowest BCUT2D eigenvalue weighted by atomic mass is 10.3. The Morgan fingerprint density at radius 2 is 1.93 bits per heavy atom. The molecule has 3 nitrogen and oxygen atoms in total. The van der Waals surface area contributed by atoms with Gasteiger partial charge < -0.3 is 0 Å².